The summed E-state index contributed by atoms with van der Waals surface area (Å²) < 4.78 is 17.1. The molecular formula is C27H30FN7OS. The average molecular weight is 520 g/mol. The van der Waals surface area contributed by atoms with E-state index in [4.69, 9.17) is 5.10 Å². The van der Waals surface area contributed by atoms with Crippen LogP contribution in [0.4, 0.5) is 9.52 Å². The summed E-state index contributed by atoms with van der Waals surface area (Å²) in [4.78, 5) is 23.2. The van der Waals surface area contributed by atoms with E-state index in [1.54, 1.807) is 17.1 Å². The van der Waals surface area contributed by atoms with Crippen LogP contribution in [0.5, 0.6) is 0 Å². The zero-order valence-corrected chi connectivity index (χ0v) is 21.8. The molecule has 2 N–H and O–H groups in total. The molecule has 8 nitrogen and oxygen atoms in total. The molecule has 0 radical (unpaired) electrons. The summed E-state index contributed by atoms with van der Waals surface area (Å²) in [5, 5.41) is 11.5. The molecule has 0 unspecified atom stereocenters. The zero-order chi connectivity index (χ0) is 25.8. The van der Waals surface area contributed by atoms with Crippen LogP contribution in [0.25, 0.3) is 27.5 Å². The SMILES string of the molecule is CC.O=CNc1nc2c(s1)-c1c(c(-c3cccnc3)nn1-c1cc(CN3CCNCC3)ccc1F)CC2. The van der Waals surface area contributed by atoms with Gasteiger partial charge in [-0.05, 0) is 42.7 Å². The summed E-state index contributed by atoms with van der Waals surface area (Å²) in [5.41, 5.74) is 5.90. The predicted octanol–water partition coefficient (Wildman–Crippen LogP) is 4.30. The van der Waals surface area contributed by atoms with Gasteiger partial charge in [-0.2, -0.15) is 5.10 Å². The largest absolute Gasteiger partial charge is 0.314 e. The Balaban J connectivity index is 0.00000137. The van der Waals surface area contributed by atoms with Crippen molar-refractivity contribution in [1.82, 2.24) is 30.0 Å². The highest BCUT2D eigenvalue weighted by molar-refractivity contribution is 7.19. The van der Waals surface area contributed by atoms with E-state index in [9.17, 15) is 4.79 Å². The summed E-state index contributed by atoms with van der Waals surface area (Å²) in [6, 6.07) is 9.13. The molecule has 4 heterocycles. The van der Waals surface area contributed by atoms with Gasteiger partial charge in [0.25, 0.3) is 0 Å². The fourth-order valence-electron chi connectivity index (χ4n) is 4.84. The van der Waals surface area contributed by atoms with Crippen molar-refractivity contribution in [1.29, 1.82) is 0 Å². The van der Waals surface area contributed by atoms with Gasteiger partial charge in [-0.1, -0.05) is 31.3 Å². The minimum atomic E-state index is -0.333. The van der Waals surface area contributed by atoms with Crippen LogP contribution < -0.4 is 10.6 Å². The number of rotatable bonds is 6. The summed E-state index contributed by atoms with van der Waals surface area (Å²) in [7, 11) is 0. The quantitative estimate of drug-likeness (QED) is 0.370. The minimum Gasteiger partial charge on any atom is -0.314 e. The van der Waals surface area contributed by atoms with Gasteiger partial charge in [-0.25, -0.2) is 14.1 Å². The van der Waals surface area contributed by atoms with Gasteiger partial charge in [-0.3, -0.25) is 14.7 Å². The summed E-state index contributed by atoms with van der Waals surface area (Å²) in [5.74, 6) is -0.333. The van der Waals surface area contributed by atoms with Gasteiger partial charge in [0.1, 0.15) is 11.5 Å². The number of halogens is 1. The number of pyridine rings is 1. The molecule has 1 amide bonds. The number of aryl methyl sites for hydroxylation is 1. The fourth-order valence-corrected chi connectivity index (χ4v) is 5.87. The highest BCUT2D eigenvalue weighted by atomic mass is 32.1. The van der Waals surface area contributed by atoms with Crippen LogP contribution in [0.15, 0.2) is 42.7 Å². The molecule has 0 atom stereocenters. The molecule has 10 heteroatoms. The van der Waals surface area contributed by atoms with Crippen molar-refractivity contribution >= 4 is 22.9 Å². The maximum Gasteiger partial charge on any atom is 0.213 e. The van der Waals surface area contributed by atoms with E-state index in [1.165, 1.54) is 17.4 Å². The van der Waals surface area contributed by atoms with Crippen LogP contribution in [0.1, 0.15) is 30.7 Å². The van der Waals surface area contributed by atoms with Gasteiger partial charge in [0.2, 0.25) is 6.41 Å². The molecule has 1 aliphatic heterocycles. The number of aromatic nitrogens is 4. The molecule has 1 aromatic carbocycles. The molecule has 37 heavy (non-hydrogen) atoms. The molecule has 192 valence electrons. The standard InChI is InChI=1S/C25H24FN7OS.C2H6/c26-19-5-3-16(14-32-10-8-27-9-11-32)12-21(19)33-23-18(22(31-33)17-2-1-7-28-13-17)4-6-20-24(23)35-25(30-20)29-15-34;1-2/h1-3,5,7,12-13,15,27H,4,6,8-11,14H2,(H,29,30,34);1-2H3. The lowest BCUT2D eigenvalue weighted by Crippen LogP contribution is -2.42. The third-order valence-electron chi connectivity index (χ3n) is 6.48. The number of piperazine rings is 1. The van der Waals surface area contributed by atoms with Crippen molar-refractivity contribution in [3.8, 4) is 27.5 Å². The molecule has 0 bridgehead atoms. The molecule has 3 aromatic heterocycles. The normalized spacial score (nSPS) is 14.8. The molecule has 1 saturated heterocycles. The van der Waals surface area contributed by atoms with Gasteiger partial charge in [0.15, 0.2) is 5.13 Å². The predicted molar refractivity (Wildman–Crippen MR) is 144 cm³/mol. The Hall–Kier alpha value is -3.47. The van der Waals surface area contributed by atoms with Gasteiger partial charge in [-0.15, -0.1) is 0 Å². The van der Waals surface area contributed by atoms with E-state index >= 15 is 4.39 Å². The lowest BCUT2D eigenvalue weighted by molar-refractivity contribution is -0.105. The molecule has 0 spiro atoms. The number of amides is 1. The van der Waals surface area contributed by atoms with Crippen molar-refractivity contribution in [2.75, 3.05) is 31.5 Å². The second-order valence-electron chi connectivity index (χ2n) is 8.70. The van der Waals surface area contributed by atoms with Crippen molar-refractivity contribution in [3.05, 3.63) is 65.4 Å². The van der Waals surface area contributed by atoms with E-state index in [0.29, 0.717) is 17.2 Å². The van der Waals surface area contributed by atoms with Crippen molar-refractivity contribution in [2.45, 2.75) is 33.2 Å². The number of hydrogen-bond acceptors (Lipinski definition) is 7. The number of nitrogens with zero attached hydrogens (tertiary/aromatic N) is 5. The van der Waals surface area contributed by atoms with Crippen LogP contribution in [0.3, 0.4) is 0 Å². The van der Waals surface area contributed by atoms with E-state index in [0.717, 1.165) is 84.2 Å². The first-order valence-electron chi connectivity index (χ1n) is 12.7. The summed E-state index contributed by atoms with van der Waals surface area (Å²) in [6.45, 7) is 8.60. The third kappa shape index (κ3) is 5.04. The van der Waals surface area contributed by atoms with Crippen LogP contribution >= 0.6 is 11.3 Å². The van der Waals surface area contributed by atoms with Crippen LogP contribution in [-0.2, 0) is 24.2 Å². The maximum atomic E-state index is 15.3. The first kappa shape index (κ1) is 25.2. The Morgan fingerprint density at radius 2 is 2.03 bits per heavy atom. The number of anilines is 1. The van der Waals surface area contributed by atoms with Crippen LogP contribution in [-0.4, -0.2) is 57.2 Å². The lowest BCUT2D eigenvalue weighted by atomic mass is 9.95. The Morgan fingerprint density at radius 1 is 1.19 bits per heavy atom. The molecule has 4 aromatic rings. The van der Waals surface area contributed by atoms with Gasteiger partial charge in [0, 0.05) is 56.2 Å². The lowest BCUT2D eigenvalue weighted by Gasteiger charge is -2.27. The Bertz CT molecular complexity index is 1380. The molecular weight excluding hydrogens is 489 g/mol. The monoisotopic (exact) mass is 519 g/mol. The van der Waals surface area contributed by atoms with Crippen molar-refractivity contribution in [3.63, 3.8) is 0 Å². The van der Waals surface area contributed by atoms with E-state index < -0.39 is 0 Å². The van der Waals surface area contributed by atoms with E-state index in [2.05, 4.69) is 25.5 Å². The first-order valence-corrected chi connectivity index (χ1v) is 13.5. The topological polar surface area (TPSA) is 88.0 Å². The number of nitrogens with one attached hydrogen (secondary N) is 2. The number of carbonyl (C=O) groups excluding carboxylic acids is 1. The highest BCUT2D eigenvalue weighted by Gasteiger charge is 2.30. The Morgan fingerprint density at radius 3 is 2.78 bits per heavy atom. The van der Waals surface area contributed by atoms with Crippen molar-refractivity contribution < 1.29 is 9.18 Å². The summed E-state index contributed by atoms with van der Waals surface area (Å²) in [6.07, 6.45) is 5.59. The van der Waals surface area contributed by atoms with Crippen molar-refractivity contribution in [2.24, 2.45) is 0 Å². The van der Waals surface area contributed by atoms with E-state index in [-0.39, 0.29) is 5.82 Å². The third-order valence-corrected chi connectivity index (χ3v) is 7.52. The molecule has 2 aliphatic rings. The molecule has 1 fully saturated rings. The first-order chi connectivity index (χ1) is 18.2. The number of thiazole rings is 1. The van der Waals surface area contributed by atoms with Gasteiger partial charge < -0.3 is 10.6 Å². The second kappa shape index (κ2) is 11.3. The molecule has 6 rings (SSSR count). The van der Waals surface area contributed by atoms with Crippen LogP contribution in [0.2, 0.25) is 0 Å². The number of hydrogen-bond donors (Lipinski definition) is 2. The van der Waals surface area contributed by atoms with Gasteiger partial charge >= 0.3 is 0 Å². The van der Waals surface area contributed by atoms with Gasteiger partial charge in [0.05, 0.1) is 22.0 Å². The second-order valence-corrected chi connectivity index (χ2v) is 9.70. The number of benzene rings is 1. The fraction of sp³-hybridized carbons (Fsp3) is 0.333. The molecule has 0 saturated carbocycles. The molecule has 1 aliphatic carbocycles. The Labute approximate surface area is 219 Å². The zero-order valence-electron chi connectivity index (χ0n) is 21.0. The number of fused-ring (bicyclic) bond motifs is 3. The van der Waals surface area contributed by atoms with E-state index in [1.807, 2.05) is 38.1 Å². The maximum absolute atomic E-state index is 15.3. The number of carbonyl (C=O) groups is 1. The summed E-state index contributed by atoms with van der Waals surface area (Å²) >= 11 is 1.39. The van der Waals surface area contributed by atoms with Crippen LogP contribution in [0, 0.1) is 5.82 Å². The Kier molecular flexibility index (Phi) is 7.68. The average Bonchev–Trinajstić information content (AvgIpc) is 3.53. The highest BCUT2D eigenvalue weighted by Crippen LogP contribution is 2.44. The minimum absolute atomic E-state index is 0.333. The smallest absolute Gasteiger partial charge is 0.213 e.